The molecule has 1 N–H and O–H groups in total. The summed E-state index contributed by atoms with van der Waals surface area (Å²) in [6, 6.07) is 5.86. The Morgan fingerprint density at radius 1 is 1.47 bits per heavy atom. The number of rotatable bonds is 4. The smallest absolute Gasteiger partial charge is 0.125 e. The topological polar surface area (TPSA) is 24.9 Å². The molecular formula is C12H12BrClN2S. The first kappa shape index (κ1) is 13.0. The minimum Gasteiger partial charge on any atom is -0.311 e. The first-order valence-electron chi connectivity index (χ1n) is 5.31. The Labute approximate surface area is 118 Å². The summed E-state index contributed by atoms with van der Waals surface area (Å²) in [5.41, 5.74) is 2.05. The maximum atomic E-state index is 6.20. The van der Waals surface area contributed by atoms with Gasteiger partial charge in [0, 0.05) is 22.0 Å². The number of hydrogen-bond donors (Lipinski definition) is 1. The van der Waals surface area contributed by atoms with Crippen molar-refractivity contribution in [2.45, 2.75) is 13.5 Å². The molecule has 0 aliphatic rings. The molecule has 0 aliphatic carbocycles. The minimum atomic E-state index is 0.726. The molecule has 2 aromatic rings. The van der Waals surface area contributed by atoms with Crippen LogP contribution >= 0.6 is 38.9 Å². The van der Waals surface area contributed by atoms with Gasteiger partial charge in [-0.25, -0.2) is 4.98 Å². The van der Waals surface area contributed by atoms with Crippen molar-refractivity contribution < 1.29 is 0 Å². The molecule has 17 heavy (non-hydrogen) atoms. The van der Waals surface area contributed by atoms with Gasteiger partial charge in [0.1, 0.15) is 5.01 Å². The van der Waals surface area contributed by atoms with E-state index in [1.165, 1.54) is 0 Å². The van der Waals surface area contributed by atoms with Crippen LogP contribution in [0.3, 0.4) is 0 Å². The number of hydrogen-bond acceptors (Lipinski definition) is 3. The van der Waals surface area contributed by atoms with Crippen molar-refractivity contribution in [3.05, 3.63) is 38.8 Å². The molecule has 0 fully saturated rings. The molecule has 0 radical (unpaired) electrons. The third kappa shape index (κ3) is 3.28. The Morgan fingerprint density at radius 2 is 2.29 bits per heavy atom. The lowest BCUT2D eigenvalue weighted by Crippen LogP contribution is -2.11. The normalized spacial score (nSPS) is 10.8. The summed E-state index contributed by atoms with van der Waals surface area (Å²) in [5, 5.41) is 7.02. The fourth-order valence-electron chi connectivity index (χ4n) is 1.43. The Hall–Kier alpha value is -0.420. The van der Waals surface area contributed by atoms with Crippen LogP contribution in [0.2, 0.25) is 5.02 Å². The minimum absolute atomic E-state index is 0.726. The van der Waals surface area contributed by atoms with Crippen molar-refractivity contribution in [2.75, 3.05) is 6.54 Å². The highest BCUT2D eigenvalue weighted by Crippen LogP contribution is 2.32. The molecule has 0 saturated heterocycles. The van der Waals surface area contributed by atoms with Gasteiger partial charge >= 0.3 is 0 Å². The van der Waals surface area contributed by atoms with E-state index in [0.29, 0.717) is 0 Å². The van der Waals surface area contributed by atoms with Gasteiger partial charge in [-0.05, 0) is 24.7 Å². The molecule has 0 amide bonds. The summed E-state index contributed by atoms with van der Waals surface area (Å²) in [7, 11) is 0. The molecule has 90 valence electrons. The second-order valence-corrected chi connectivity index (χ2v) is 5.73. The molecule has 5 heteroatoms. The monoisotopic (exact) mass is 330 g/mol. The van der Waals surface area contributed by atoms with Gasteiger partial charge in [0.15, 0.2) is 0 Å². The number of nitrogens with one attached hydrogen (secondary N) is 1. The Bertz CT molecular complexity index is 513. The molecule has 2 rings (SSSR count). The molecule has 1 aromatic heterocycles. The SMILES string of the molecule is CCNCc1csc(-c2ccc(Br)cc2Cl)n1. The maximum absolute atomic E-state index is 6.20. The fourth-order valence-corrected chi connectivity index (χ4v) is 3.11. The van der Waals surface area contributed by atoms with Crippen molar-refractivity contribution >= 4 is 38.9 Å². The number of halogens is 2. The van der Waals surface area contributed by atoms with Gasteiger partial charge in [-0.15, -0.1) is 11.3 Å². The van der Waals surface area contributed by atoms with Gasteiger partial charge in [-0.2, -0.15) is 0 Å². The second-order valence-electron chi connectivity index (χ2n) is 3.55. The van der Waals surface area contributed by atoms with E-state index in [0.717, 1.165) is 38.8 Å². The van der Waals surface area contributed by atoms with Crippen LogP contribution in [0.5, 0.6) is 0 Å². The molecule has 1 heterocycles. The third-order valence-electron chi connectivity index (χ3n) is 2.27. The molecule has 0 unspecified atom stereocenters. The summed E-state index contributed by atoms with van der Waals surface area (Å²) < 4.78 is 0.982. The summed E-state index contributed by atoms with van der Waals surface area (Å²) >= 11 is 11.2. The number of nitrogens with zero attached hydrogens (tertiary/aromatic N) is 1. The van der Waals surface area contributed by atoms with E-state index < -0.39 is 0 Å². The van der Waals surface area contributed by atoms with Gasteiger partial charge in [-0.1, -0.05) is 34.5 Å². The lowest BCUT2D eigenvalue weighted by molar-refractivity contribution is 0.715. The molecule has 0 spiro atoms. The van der Waals surface area contributed by atoms with E-state index in [-0.39, 0.29) is 0 Å². The van der Waals surface area contributed by atoms with Gasteiger partial charge < -0.3 is 5.32 Å². The van der Waals surface area contributed by atoms with Crippen LogP contribution in [0, 0.1) is 0 Å². The second kappa shape index (κ2) is 5.96. The number of thiazole rings is 1. The average Bonchev–Trinajstić information content (AvgIpc) is 2.75. The molecule has 0 atom stereocenters. The van der Waals surface area contributed by atoms with Gasteiger partial charge in [0.25, 0.3) is 0 Å². The molecule has 0 saturated carbocycles. The lowest BCUT2D eigenvalue weighted by Gasteiger charge is -2.00. The first-order chi connectivity index (χ1) is 8.20. The van der Waals surface area contributed by atoms with Crippen molar-refractivity contribution in [3.63, 3.8) is 0 Å². The predicted molar refractivity (Wildman–Crippen MR) is 77.6 cm³/mol. The quantitative estimate of drug-likeness (QED) is 0.901. The van der Waals surface area contributed by atoms with Crippen molar-refractivity contribution in [2.24, 2.45) is 0 Å². The van der Waals surface area contributed by atoms with Crippen LogP contribution in [-0.2, 0) is 6.54 Å². The first-order valence-corrected chi connectivity index (χ1v) is 7.36. The third-order valence-corrected chi connectivity index (χ3v) is 4.00. The Morgan fingerprint density at radius 3 is 3.00 bits per heavy atom. The Kier molecular flexibility index (Phi) is 4.56. The summed E-state index contributed by atoms with van der Waals surface area (Å²) in [5.74, 6) is 0. The Balaban J connectivity index is 2.24. The zero-order chi connectivity index (χ0) is 12.3. The van der Waals surface area contributed by atoms with Crippen LogP contribution in [0.15, 0.2) is 28.1 Å². The molecule has 1 aromatic carbocycles. The van der Waals surface area contributed by atoms with Crippen LogP contribution < -0.4 is 5.32 Å². The van der Waals surface area contributed by atoms with Crippen molar-refractivity contribution in [1.29, 1.82) is 0 Å². The van der Waals surface area contributed by atoms with Crippen molar-refractivity contribution in [3.8, 4) is 10.6 Å². The molecule has 0 aliphatic heterocycles. The van der Waals surface area contributed by atoms with Crippen molar-refractivity contribution in [1.82, 2.24) is 10.3 Å². The zero-order valence-electron chi connectivity index (χ0n) is 9.34. The van der Waals surface area contributed by atoms with E-state index in [1.807, 2.05) is 18.2 Å². The zero-order valence-corrected chi connectivity index (χ0v) is 12.5. The lowest BCUT2D eigenvalue weighted by atomic mass is 10.2. The van der Waals surface area contributed by atoms with Crippen LogP contribution in [0.4, 0.5) is 0 Å². The summed E-state index contributed by atoms with van der Waals surface area (Å²) in [4.78, 5) is 4.56. The number of benzene rings is 1. The number of aromatic nitrogens is 1. The maximum Gasteiger partial charge on any atom is 0.125 e. The summed E-state index contributed by atoms with van der Waals surface area (Å²) in [6.45, 7) is 3.84. The predicted octanol–water partition coefficient (Wildman–Crippen LogP) is 4.34. The highest BCUT2D eigenvalue weighted by molar-refractivity contribution is 9.10. The largest absolute Gasteiger partial charge is 0.311 e. The van der Waals surface area contributed by atoms with Crippen LogP contribution in [-0.4, -0.2) is 11.5 Å². The van der Waals surface area contributed by atoms with E-state index in [9.17, 15) is 0 Å². The van der Waals surface area contributed by atoms with E-state index in [2.05, 4.69) is 38.5 Å². The molecule has 2 nitrogen and oxygen atoms in total. The molecular weight excluding hydrogens is 320 g/mol. The highest BCUT2D eigenvalue weighted by Gasteiger charge is 2.08. The van der Waals surface area contributed by atoms with Gasteiger partial charge in [0.2, 0.25) is 0 Å². The van der Waals surface area contributed by atoms with Crippen LogP contribution in [0.1, 0.15) is 12.6 Å². The van der Waals surface area contributed by atoms with Gasteiger partial charge in [-0.3, -0.25) is 0 Å². The average molecular weight is 332 g/mol. The standard InChI is InChI=1S/C12H12BrClN2S/c1-2-15-6-9-7-17-12(16-9)10-4-3-8(13)5-11(10)14/h3-5,7,15H,2,6H2,1H3. The molecule has 0 bridgehead atoms. The highest BCUT2D eigenvalue weighted by atomic mass is 79.9. The van der Waals surface area contributed by atoms with Crippen LogP contribution in [0.25, 0.3) is 10.6 Å². The van der Waals surface area contributed by atoms with E-state index in [4.69, 9.17) is 11.6 Å². The van der Waals surface area contributed by atoms with E-state index in [1.54, 1.807) is 11.3 Å². The summed E-state index contributed by atoms with van der Waals surface area (Å²) in [6.07, 6.45) is 0. The van der Waals surface area contributed by atoms with E-state index >= 15 is 0 Å². The van der Waals surface area contributed by atoms with Gasteiger partial charge in [0.05, 0.1) is 10.7 Å². The fraction of sp³-hybridized carbons (Fsp3) is 0.250.